The average Bonchev–Trinajstić information content (AvgIpc) is 2.54. The largest absolute Gasteiger partial charge is 0.380 e. The van der Waals surface area contributed by atoms with Crippen molar-refractivity contribution in [2.45, 2.75) is 20.0 Å². The molecule has 5 nitrogen and oxygen atoms in total. The van der Waals surface area contributed by atoms with Crippen LogP contribution in [0.3, 0.4) is 0 Å². The minimum absolute atomic E-state index is 0. The summed E-state index contributed by atoms with van der Waals surface area (Å²) in [6.45, 7) is 9.35. The highest BCUT2D eigenvalue weighted by Crippen LogP contribution is 2.26. The molecule has 2 heterocycles. The first-order valence-electron chi connectivity index (χ1n) is 8.32. The standard InChI is InChI=1S/C18H27N3O2.HI/c1-14-6-4-5-7-15(14)16-10-21(8-9-23-16)17(19-3)20-11-18(2)12-22-13-18;/h4-7,16H,8-13H2,1-3H3,(H,19,20);1H. The summed E-state index contributed by atoms with van der Waals surface area (Å²) in [5, 5.41) is 3.51. The second-order valence-electron chi connectivity index (χ2n) is 6.87. The maximum absolute atomic E-state index is 6.00. The van der Waals surface area contributed by atoms with Crippen molar-refractivity contribution in [3.8, 4) is 0 Å². The maximum Gasteiger partial charge on any atom is 0.193 e. The number of hydrogen-bond donors (Lipinski definition) is 1. The van der Waals surface area contributed by atoms with Crippen LogP contribution in [0.15, 0.2) is 29.3 Å². The highest BCUT2D eigenvalue weighted by atomic mass is 127. The van der Waals surface area contributed by atoms with Crippen LogP contribution in [0.25, 0.3) is 0 Å². The van der Waals surface area contributed by atoms with E-state index in [1.807, 2.05) is 7.05 Å². The Morgan fingerprint density at radius 2 is 2.12 bits per heavy atom. The number of nitrogens with zero attached hydrogens (tertiary/aromatic N) is 2. The van der Waals surface area contributed by atoms with Crippen LogP contribution in [0.5, 0.6) is 0 Å². The van der Waals surface area contributed by atoms with Gasteiger partial charge < -0.3 is 19.7 Å². The van der Waals surface area contributed by atoms with E-state index in [0.717, 1.165) is 45.4 Å². The topological polar surface area (TPSA) is 46.1 Å². The predicted octanol–water partition coefficient (Wildman–Crippen LogP) is 2.60. The molecule has 2 aliphatic heterocycles. The third kappa shape index (κ3) is 4.40. The first kappa shape index (κ1) is 19.5. The molecule has 1 aromatic carbocycles. The van der Waals surface area contributed by atoms with Gasteiger partial charge in [0.05, 0.1) is 26.4 Å². The fourth-order valence-electron chi connectivity index (χ4n) is 3.16. The number of ether oxygens (including phenoxy) is 2. The van der Waals surface area contributed by atoms with E-state index in [1.165, 1.54) is 11.1 Å². The van der Waals surface area contributed by atoms with E-state index < -0.39 is 0 Å². The van der Waals surface area contributed by atoms with Gasteiger partial charge in [-0.3, -0.25) is 4.99 Å². The smallest absolute Gasteiger partial charge is 0.193 e. The minimum Gasteiger partial charge on any atom is -0.380 e. The zero-order valence-electron chi connectivity index (χ0n) is 14.7. The van der Waals surface area contributed by atoms with Crippen molar-refractivity contribution in [3.05, 3.63) is 35.4 Å². The highest BCUT2D eigenvalue weighted by Gasteiger charge is 2.34. The third-order valence-electron chi connectivity index (χ3n) is 4.69. The lowest BCUT2D eigenvalue weighted by atomic mass is 9.89. The minimum atomic E-state index is 0. The van der Waals surface area contributed by atoms with E-state index >= 15 is 0 Å². The van der Waals surface area contributed by atoms with Crippen LogP contribution < -0.4 is 5.32 Å². The van der Waals surface area contributed by atoms with Gasteiger partial charge in [0.15, 0.2) is 5.96 Å². The van der Waals surface area contributed by atoms with E-state index in [-0.39, 0.29) is 35.5 Å². The van der Waals surface area contributed by atoms with Crippen molar-refractivity contribution in [2.24, 2.45) is 10.4 Å². The molecular formula is C18H28IN3O2. The molecule has 1 unspecified atom stereocenters. The maximum atomic E-state index is 6.00. The van der Waals surface area contributed by atoms with E-state index in [9.17, 15) is 0 Å². The molecule has 1 N–H and O–H groups in total. The molecule has 0 radical (unpaired) electrons. The zero-order valence-corrected chi connectivity index (χ0v) is 17.1. The molecule has 0 aliphatic carbocycles. The summed E-state index contributed by atoms with van der Waals surface area (Å²) in [4.78, 5) is 6.75. The molecule has 0 bridgehead atoms. The molecule has 0 amide bonds. The van der Waals surface area contributed by atoms with Gasteiger partial charge in [-0.05, 0) is 18.1 Å². The second kappa shape index (κ2) is 8.49. The number of halogens is 1. The van der Waals surface area contributed by atoms with Crippen LogP contribution in [-0.2, 0) is 9.47 Å². The molecular weight excluding hydrogens is 417 g/mol. The van der Waals surface area contributed by atoms with Crippen LogP contribution in [-0.4, -0.2) is 57.4 Å². The quantitative estimate of drug-likeness (QED) is 0.442. The summed E-state index contributed by atoms with van der Waals surface area (Å²) < 4.78 is 11.3. The molecule has 24 heavy (non-hydrogen) atoms. The summed E-state index contributed by atoms with van der Waals surface area (Å²) in [6.07, 6.45) is 0.103. The van der Waals surface area contributed by atoms with Gasteiger partial charge in [-0.2, -0.15) is 0 Å². The normalized spacial score (nSPS) is 23.2. The number of rotatable bonds is 3. The predicted molar refractivity (Wildman–Crippen MR) is 107 cm³/mol. The van der Waals surface area contributed by atoms with Crippen molar-refractivity contribution in [1.82, 2.24) is 10.2 Å². The van der Waals surface area contributed by atoms with Crippen molar-refractivity contribution >= 4 is 29.9 Å². The Morgan fingerprint density at radius 1 is 1.38 bits per heavy atom. The number of morpholine rings is 1. The van der Waals surface area contributed by atoms with Crippen LogP contribution in [0, 0.1) is 12.3 Å². The molecule has 2 aliphatic rings. The molecule has 2 fully saturated rings. The fourth-order valence-corrected chi connectivity index (χ4v) is 3.16. The number of benzene rings is 1. The zero-order chi connectivity index (χ0) is 16.3. The first-order valence-corrected chi connectivity index (χ1v) is 8.32. The van der Waals surface area contributed by atoms with Crippen LogP contribution in [0.1, 0.15) is 24.2 Å². The molecule has 0 spiro atoms. The number of aryl methyl sites for hydroxylation is 1. The fraction of sp³-hybridized carbons (Fsp3) is 0.611. The highest BCUT2D eigenvalue weighted by molar-refractivity contribution is 14.0. The summed E-state index contributed by atoms with van der Waals surface area (Å²) >= 11 is 0. The van der Waals surface area contributed by atoms with Crippen LogP contribution >= 0.6 is 24.0 Å². The van der Waals surface area contributed by atoms with Crippen molar-refractivity contribution < 1.29 is 9.47 Å². The van der Waals surface area contributed by atoms with Gasteiger partial charge in [-0.15, -0.1) is 24.0 Å². The van der Waals surface area contributed by atoms with Gasteiger partial charge in [0.2, 0.25) is 0 Å². The Balaban J connectivity index is 0.00000208. The first-order chi connectivity index (χ1) is 11.1. The summed E-state index contributed by atoms with van der Waals surface area (Å²) in [6, 6.07) is 8.45. The Labute approximate surface area is 161 Å². The molecule has 0 saturated carbocycles. The Morgan fingerprint density at radius 3 is 2.75 bits per heavy atom. The van der Waals surface area contributed by atoms with Gasteiger partial charge in [-0.1, -0.05) is 31.2 Å². The van der Waals surface area contributed by atoms with Crippen molar-refractivity contribution in [3.63, 3.8) is 0 Å². The molecule has 6 heteroatoms. The average molecular weight is 445 g/mol. The van der Waals surface area contributed by atoms with E-state index in [0.29, 0.717) is 0 Å². The van der Waals surface area contributed by atoms with Crippen molar-refractivity contribution in [1.29, 1.82) is 0 Å². The molecule has 3 rings (SSSR count). The number of guanidine groups is 1. The summed E-state index contributed by atoms with van der Waals surface area (Å²) in [5.74, 6) is 0.958. The third-order valence-corrected chi connectivity index (χ3v) is 4.69. The van der Waals surface area contributed by atoms with Gasteiger partial charge in [0.25, 0.3) is 0 Å². The lowest BCUT2D eigenvalue weighted by Crippen LogP contribution is -2.54. The molecule has 1 atom stereocenters. The summed E-state index contributed by atoms with van der Waals surface area (Å²) in [5.41, 5.74) is 2.78. The van der Waals surface area contributed by atoms with Crippen LogP contribution in [0.4, 0.5) is 0 Å². The lowest BCUT2D eigenvalue weighted by Gasteiger charge is -2.40. The summed E-state index contributed by atoms with van der Waals surface area (Å²) in [7, 11) is 1.85. The number of hydrogen-bond acceptors (Lipinski definition) is 3. The molecule has 2 saturated heterocycles. The van der Waals surface area contributed by atoms with Gasteiger partial charge >= 0.3 is 0 Å². The SMILES string of the molecule is CN=C(NCC1(C)COC1)N1CCOC(c2ccccc2C)C1.I. The second-order valence-corrected chi connectivity index (χ2v) is 6.87. The van der Waals surface area contributed by atoms with Crippen LogP contribution in [0.2, 0.25) is 0 Å². The van der Waals surface area contributed by atoms with Gasteiger partial charge in [-0.25, -0.2) is 0 Å². The van der Waals surface area contributed by atoms with Gasteiger partial charge in [0.1, 0.15) is 6.10 Å². The molecule has 1 aromatic rings. The monoisotopic (exact) mass is 445 g/mol. The molecule has 134 valence electrons. The Kier molecular flexibility index (Phi) is 6.88. The Hall–Kier alpha value is -0.860. The number of nitrogens with one attached hydrogen (secondary N) is 1. The molecule has 0 aromatic heterocycles. The Bertz CT molecular complexity index is 575. The van der Waals surface area contributed by atoms with Crippen molar-refractivity contribution in [2.75, 3.05) is 46.5 Å². The number of aliphatic imine (C=N–C) groups is 1. The van der Waals surface area contributed by atoms with E-state index in [2.05, 4.69) is 53.3 Å². The lowest BCUT2D eigenvalue weighted by molar-refractivity contribution is -0.0975. The van der Waals surface area contributed by atoms with E-state index in [1.54, 1.807) is 0 Å². The van der Waals surface area contributed by atoms with E-state index in [4.69, 9.17) is 9.47 Å². The van der Waals surface area contributed by atoms with Gasteiger partial charge in [0, 0.05) is 25.6 Å².